The quantitative estimate of drug-likeness (QED) is 0.727. The average Bonchev–Trinajstić information content (AvgIpc) is 2.19. The van der Waals surface area contributed by atoms with Crippen molar-refractivity contribution in [2.24, 2.45) is 5.73 Å². The molecule has 0 amide bonds. The highest BCUT2D eigenvalue weighted by molar-refractivity contribution is 5.10. The predicted octanol–water partition coefficient (Wildman–Crippen LogP) is 0.963. The van der Waals surface area contributed by atoms with Gasteiger partial charge < -0.3 is 10.6 Å². The molecule has 0 aliphatic carbocycles. The zero-order chi connectivity index (χ0) is 10.6. The number of aromatic nitrogens is 1. The Morgan fingerprint density at radius 3 is 2.64 bits per heavy atom. The molecule has 0 spiro atoms. The molecule has 14 heavy (non-hydrogen) atoms. The van der Waals surface area contributed by atoms with Gasteiger partial charge in [0.25, 0.3) is 0 Å². The summed E-state index contributed by atoms with van der Waals surface area (Å²) >= 11 is 0. The van der Waals surface area contributed by atoms with Crippen LogP contribution in [0.5, 0.6) is 0 Å². The molecule has 4 nitrogen and oxygen atoms in total. The molecule has 1 aromatic heterocycles. The van der Waals surface area contributed by atoms with Crippen LogP contribution in [0.2, 0.25) is 0 Å². The van der Waals surface area contributed by atoms with Gasteiger partial charge in [0.15, 0.2) is 0 Å². The number of hydrogen-bond donors (Lipinski definition) is 1. The highest BCUT2D eigenvalue weighted by Crippen LogP contribution is 2.19. The Balaban J connectivity index is 2.89. The van der Waals surface area contributed by atoms with Crippen molar-refractivity contribution in [1.82, 2.24) is 10.0 Å². The van der Waals surface area contributed by atoms with Crippen molar-refractivity contribution in [3.05, 3.63) is 30.1 Å². The van der Waals surface area contributed by atoms with Crippen molar-refractivity contribution in [2.45, 2.75) is 19.0 Å². The van der Waals surface area contributed by atoms with E-state index in [-0.39, 0.29) is 12.1 Å². The third-order valence-corrected chi connectivity index (χ3v) is 2.17. The second-order valence-electron chi connectivity index (χ2n) is 3.29. The van der Waals surface area contributed by atoms with E-state index in [4.69, 9.17) is 10.6 Å². The summed E-state index contributed by atoms with van der Waals surface area (Å²) in [5, 5.41) is 1.72. The lowest BCUT2D eigenvalue weighted by molar-refractivity contribution is -0.147. The van der Waals surface area contributed by atoms with Crippen molar-refractivity contribution >= 4 is 0 Å². The summed E-state index contributed by atoms with van der Waals surface area (Å²) < 4.78 is 0. The van der Waals surface area contributed by atoms with Gasteiger partial charge in [-0.1, -0.05) is 6.07 Å². The highest BCUT2D eigenvalue weighted by atomic mass is 16.7. The maximum atomic E-state index is 5.88. The molecule has 78 valence electrons. The van der Waals surface area contributed by atoms with Gasteiger partial charge in [0.05, 0.1) is 18.8 Å². The fourth-order valence-corrected chi connectivity index (χ4v) is 1.45. The van der Waals surface area contributed by atoms with Gasteiger partial charge in [0, 0.05) is 19.3 Å². The molecule has 1 aromatic rings. The summed E-state index contributed by atoms with van der Waals surface area (Å²) in [7, 11) is 3.47. The number of pyridine rings is 1. The number of hydroxylamine groups is 2. The van der Waals surface area contributed by atoms with Gasteiger partial charge in [-0.05, 0) is 19.1 Å². The number of nitrogens with zero attached hydrogens (tertiary/aromatic N) is 2. The van der Waals surface area contributed by atoms with E-state index in [1.54, 1.807) is 18.4 Å². The molecule has 0 radical (unpaired) electrons. The third-order valence-electron chi connectivity index (χ3n) is 2.17. The third kappa shape index (κ3) is 2.51. The SMILES string of the molecule is CON(C)C(c1ccccn1)C(C)N. The van der Waals surface area contributed by atoms with Crippen LogP contribution in [-0.2, 0) is 4.84 Å². The van der Waals surface area contributed by atoms with Crippen LogP contribution in [0.4, 0.5) is 0 Å². The summed E-state index contributed by atoms with van der Waals surface area (Å²) in [6.07, 6.45) is 1.76. The standard InChI is InChI=1S/C10H17N3O/c1-8(11)10(13(2)14-3)9-6-4-5-7-12-9/h4-8,10H,11H2,1-3H3. The molecular weight excluding hydrogens is 178 g/mol. The van der Waals surface area contributed by atoms with Gasteiger partial charge in [-0.3, -0.25) is 4.98 Å². The first-order chi connectivity index (χ1) is 6.66. The Hall–Kier alpha value is -0.970. The lowest BCUT2D eigenvalue weighted by Gasteiger charge is -2.28. The second kappa shape index (κ2) is 5.05. The lowest BCUT2D eigenvalue weighted by atomic mass is 10.1. The van der Waals surface area contributed by atoms with E-state index in [1.807, 2.05) is 32.2 Å². The van der Waals surface area contributed by atoms with Crippen LogP contribution in [-0.4, -0.2) is 30.2 Å². The smallest absolute Gasteiger partial charge is 0.0918 e. The lowest BCUT2D eigenvalue weighted by Crippen LogP contribution is -2.37. The first-order valence-corrected chi connectivity index (χ1v) is 4.60. The van der Waals surface area contributed by atoms with Crippen LogP contribution in [0, 0.1) is 0 Å². The highest BCUT2D eigenvalue weighted by Gasteiger charge is 2.22. The molecule has 0 saturated heterocycles. The van der Waals surface area contributed by atoms with Gasteiger partial charge in [-0.25, -0.2) is 0 Å². The van der Waals surface area contributed by atoms with Crippen molar-refractivity contribution in [2.75, 3.05) is 14.2 Å². The van der Waals surface area contributed by atoms with Gasteiger partial charge >= 0.3 is 0 Å². The van der Waals surface area contributed by atoms with Crippen LogP contribution in [0.25, 0.3) is 0 Å². The Morgan fingerprint density at radius 2 is 2.21 bits per heavy atom. The Labute approximate surface area is 84.6 Å². The average molecular weight is 195 g/mol. The topological polar surface area (TPSA) is 51.4 Å². The fourth-order valence-electron chi connectivity index (χ4n) is 1.45. The van der Waals surface area contributed by atoms with E-state index in [2.05, 4.69) is 4.98 Å². The molecule has 0 fully saturated rings. The minimum absolute atomic E-state index is 0.0128. The molecule has 0 aliphatic rings. The molecule has 2 unspecified atom stereocenters. The van der Waals surface area contributed by atoms with E-state index in [0.29, 0.717) is 0 Å². The Kier molecular flexibility index (Phi) is 4.00. The Morgan fingerprint density at radius 1 is 1.50 bits per heavy atom. The summed E-state index contributed by atoms with van der Waals surface area (Å²) in [5.41, 5.74) is 6.81. The largest absolute Gasteiger partial charge is 0.326 e. The summed E-state index contributed by atoms with van der Waals surface area (Å²) in [5.74, 6) is 0. The number of nitrogens with two attached hydrogens (primary N) is 1. The minimum Gasteiger partial charge on any atom is -0.326 e. The fraction of sp³-hybridized carbons (Fsp3) is 0.500. The van der Waals surface area contributed by atoms with Crippen LogP contribution >= 0.6 is 0 Å². The molecule has 2 atom stereocenters. The van der Waals surface area contributed by atoms with E-state index >= 15 is 0 Å². The van der Waals surface area contributed by atoms with E-state index < -0.39 is 0 Å². The molecule has 0 aromatic carbocycles. The summed E-state index contributed by atoms with van der Waals surface area (Å²) in [6.45, 7) is 1.94. The molecular formula is C10H17N3O. The van der Waals surface area contributed by atoms with Gasteiger partial charge in [0.2, 0.25) is 0 Å². The van der Waals surface area contributed by atoms with Crippen LogP contribution in [0.15, 0.2) is 24.4 Å². The van der Waals surface area contributed by atoms with Crippen molar-refractivity contribution in [3.8, 4) is 0 Å². The molecule has 0 bridgehead atoms. The van der Waals surface area contributed by atoms with Gasteiger partial charge in [-0.15, -0.1) is 0 Å². The van der Waals surface area contributed by atoms with E-state index in [9.17, 15) is 0 Å². The van der Waals surface area contributed by atoms with Gasteiger partial charge in [0.1, 0.15) is 0 Å². The van der Waals surface area contributed by atoms with E-state index in [0.717, 1.165) is 5.69 Å². The van der Waals surface area contributed by atoms with Crippen LogP contribution in [0.1, 0.15) is 18.7 Å². The number of rotatable bonds is 4. The van der Waals surface area contributed by atoms with Crippen LogP contribution in [0.3, 0.4) is 0 Å². The van der Waals surface area contributed by atoms with E-state index in [1.165, 1.54) is 0 Å². The Bertz CT molecular complexity index is 263. The minimum atomic E-state index is -0.0325. The van der Waals surface area contributed by atoms with Crippen molar-refractivity contribution in [1.29, 1.82) is 0 Å². The zero-order valence-electron chi connectivity index (χ0n) is 8.84. The van der Waals surface area contributed by atoms with Gasteiger partial charge in [-0.2, -0.15) is 5.06 Å². The summed E-state index contributed by atoms with van der Waals surface area (Å²) in [4.78, 5) is 9.41. The number of hydrogen-bond acceptors (Lipinski definition) is 4. The van der Waals surface area contributed by atoms with Crippen molar-refractivity contribution in [3.63, 3.8) is 0 Å². The molecule has 2 N–H and O–H groups in total. The van der Waals surface area contributed by atoms with Crippen LogP contribution < -0.4 is 5.73 Å². The number of likely N-dealkylation sites (N-methyl/N-ethyl adjacent to an activating group) is 1. The molecule has 1 rings (SSSR count). The first-order valence-electron chi connectivity index (χ1n) is 4.60. The predicted molar refractivity (Wildman–Crippen MR) is 55.4 cm³/mol. The monoisotopic (exact) mass is 195 g/mol. The molecule has 1 heterocycles. The zero-order valence-corrected chi connectivity index (χ0v) is 8.84. The molecule has 4 heteroatoms. The molecule has 0 saturated carbocycles. The second-order valence-corrected chi connectivity index (χ2v) is 3.29. The maximum Gasteiger partial charge on any atom is 0.0918 e. The molecule has 0 aliphatic heterocycles. The first kappa shape index (κ1) is 11.1. The normalized spacial score (nSPS) is 15.5. The summed E-state index contributed by atoms with van der Waals surface area (Å²) in [6, 6.07) is 5.73. The maximum absolute atomic E-state index is 5.88. The van der Waals surface area contributed by atoms with Crippen molar-refractivity contribution < 1.29 is 4.84 Å².